The minimum absolute atomic E-state index is 0.0439. The lowest BCUT2D eigenvalue weighted by molar-refractivity contribution is 0.0363. The second-order valence-electron chi connectivity index (χ2n) is 8.05. The highest BCUT2D eigenvalue weighted by Gasteiger charge is 2.13. The molecule has 0 unspecified atom stereocenters. The molecule has 1 aromatic heterocycles. The van der Waals surface area contributed by atoms with Crippen molar-refractivity contribution in [2.24, 2.45) is 0 Å². The minimum atomic E-state index is -0.195. The number of anilines is 1. The second-order valence-corrected chi connectivity index (χ2v) is 8.05. The molecule has 5 rings (SSSR count). The van der Waals surface area contributed by atoms with Crippen molar-refractivity contribution in [2.45, 2.75) is 6.54 Å². The van der Waals surface area contributed by atoms with Crippen LogP contribution in [0.2, 0.25) is 0 Å². The van der Waals surface area contributed by atoms with Crippen LogP contribution in [0.15, 0.2) is 77.7 Å². The molecule has 162 valence electrons. The molecule has 0 saturated carbocycles. The van der Waals surface area contributed by atoms with Gasteiger partial charge in [-0.15, -0.1) is 0 Å². The molecule has 1 amide bonds. The Morgan fingerprint density at radius 1 is 0.875 bits per heavy atom. The van der Waals surface area contributed by atoms with Gasteiger partial charge in [0.15, 0.2) is 0 Å². The standard InChI is InChI=1S/C26H25N3O3/c30-25(21-9-8-19-4-1-2-5-20(19)18-21)27-24-7-3-6-23-22(24)10-11-29(26(23)31)13-12-28-14-16-32-17-15-28/h1-11,18H,12-17H2,(H,27,30). The third kappa shape index (κ3) is 4.15. The zero-order valence-electron chi connectivity index (χ0n) is 17.8. The van der Waals surface area contributed by atoms with E-state index in [1.165, 1.54) is 0 Å². The number of ether oxygens (including phenoxy) is 1. The Morgan fingerprint density at radius 3 is 2.53 bits per heavy atom. The average molecular weight is 428 g/mol. The van der Waals surface area contributed by atoms with Crippen LogP contribution < -0.4 is 10.9 Å². The van der Waals surface area contributed by atoms with Crippen LogP contribution in [-0.4, -0.2) is 48.2 Å². The Labute approximate surface area is 186 Å². The fourth-order valence-corrected chi connectivity index (χ4v) is 4.20. The number of morpholine rings is 1. The van der Waals surface area contributed by atoms with E-state index in [2.05, 4.69) is 10.2 Å². The maximum absolute atomic E-state index is 13.1. The number of nitrogens with one attached hydrogen (secondary N) is 1. The molecule has 1 aliphatic rings. The van der Waals surface area contributed by atoms with Gasteiger partial charge in [-0.3, -0.25) is 14.5 Å². The van der Waals surface area contributed by atoms with Crippen molar-refractivity contribution in [3.63, 3.8) is 0 Å². The van der Waals surface area contributed by atoms with Gasteiger partial charge < -0.3 is 14.6 Å². The van der Waals surface area contributed by atoms with E-state index >= 15 is 0 Å². The third-order valence-corrected chi connectivity index (χ3v) is 6.04. The Morgan fingerprint density at radius 2 is 1.69 bits per heavy atom. The quantitative estimate of drug-likeness (QED) is 0.527. The summed E-state index contributed by atoms with van der Waals surface area (Å²) in [4.78, 5) is 28.3. The molecule has 0 bridgehead atoms. The highest BCUT2D eigenvalue weighted by atomic mass is 16.5. The lowest BCUT2D eigenvalue weighted by atomic mass is 10.1. The maximum Gasteiger partial charge on any atom is 0.258 e. The summed E-state index contributed by atoms with van der Waals surface area (Å²) in [5, 5.41) is 6.44. The van der Waals surface area contributed by atoms with Crippen molar-refractivity contribution in [1.29, 1.82) is 0 Å². The Bertz CT molecular complexity index is 1340. The summed E-state index contributed by atoms with van der Waals surface area (Å²) in [6.07, 6.45) is 1.82. The van der Waals surface area contributed by atoms with Crippen molar-refractivity contribution in [2.75, 3.05) is 38.2 Å². The van der Waals surface area contributed by atoms with Crippen LogP contribution in [0, 0.1) is 0 Å². The zero-order valence-corrected chi connectivity index (χ0v) is 17.8. The first-order chi connectivity index (χ1) is 15.7. The van der Waals surface area contributed by atoms with E-state index in [1.54, 1.807) is 4.57 Å². The Kier molecular flexibility index (Phi) is 5.71. The fraction of sp³-hybridized carbons (Fsp3) is 0.231. The predicted octanol–water partition coefficient (Wildman–Crippen LogP) is 3.74. The van der Waals surface area contributed by atoms with Gasteiger partial charge in [-0.25, -0.2) is 0 Å². The summed E-state index contributed by atoms with van der Waals surface area (Å²) < 4.78 is 7.13. The van der Waals surface area contributed by atoms with Gasteiger partial charge >= 0.3 is 0 Å². The van der Waals surface area contributed by atoms with Gasteiger partial charge in [0.05, 0.1) is 13.2 Å². The summed E-state index contributed by atoms with van der Waals surface area (Å²) in [5.41, 5.74) is 1.18. The molecule has 2 heterocycles. The largest absolute Gasteiger partial charge is 0.379 e. The first kappa shape index (κ1) is 20.4. The summed E-state index contributed by atoms with van der Waals surface area (Å²) in [7, 11) is 0. The molecule has 1 N–H and O–H groups in total. The second kappa shape index (κ2) is 8.94. The number of amides is 1. The van der Waals surface area contributed by atoms with Gasteiger partial charge in [0.1, 0.15) is 0 Å². The number of hydrogen-bond donors (Lipinski definition) is 1. The topological polar surface area (TPSA) is 63.6 Å². The number of nitrogens with zero attached hydrogens (tertiary/aromatic N) is 2. The van der Waals surface area contributed by atoms with Gasteiger partial charge in [-0.1, -0.05) is 36.4 Å². The zero-order chi connectivity index (χ0) is 21.9. The van der Waals surface area contributed by atoms with Crippen LogP contribution in [0.4, 0.5) is 5.69 Å². The molecule has 6 heteroatoms. The van der Waals surface area contributed by atoms with E-state index < -0.39 is 0 Å². The molecule has 0 radical (unpaired) electrons. The highest BCUT2D eigenvalue weighted by Crippen LogP contribution is 2.22. The van der Waals surface area contributed by atoms with Crippen molar-refractivity contribution in [1.82, 2.24) is 9.47 Å². The summed E-state index contributed by atoms with van der Waals surface area (Å²) in [6, 6.07) is 21.0. The SMILES string of the molecule is O=C(Nc1cccc2c(=O)n(CCN3CCOCC3)ccc12)c1ccc2ccccc2c1. The normalized spacial score (nSPS) is 14.6. The number of benzene rings is 3. The summed E-state index contributed by atoms with van der Waals surface area (Å²) in [5.74, 6) is -0.195. The lowest BCUT2D eigenvalue weighted by Crippen LogP contribution is -2.39. The number of fused-ring (bicyclic) bond motifs is 2. The predicted molar refractivity (Wildman–Crippen MR) is 127 cm³/mol. The van der Waals surface area contributed by atoms with E-state index in [0.717, 1.165) is 49.0 Å². The Hall–Kier alpha value is -3.48. The van der Waals surface area contributed by atoms with Gasteiger partial charge in [-0.2, -0.15) is 0 Å². The average Bonchev–Trinajstić information content (AvgIpc) is 2.84. The molecule has 32 heavy (non-hydrogen) atoms. The highest BCUT2D eigenvalue weighted by molar-refractivity contribution is 6.10. The number of rotatable bonds is 5. The van der Waals surface area contributed by atoms with Crippen LogP contribution >= 0.6 is 0 Å². The Balaban J connectivity index is 1.38. The smallest absolute Gasteiger partial charge is 0.258 e. The number of hydrogen-bond acceptors (Lipinski definition) is 4. The van der Waals surface area contributed by atoms with E-state index in [9.17, 15) is 9.59 Å². The molecule has 0 aliphatic carbocycles. The van der Waals surface area contributed by atoms with E-state index in [0.29, 0.717) is 23.2 Å². The molecular weight excluding hydrogens is 402 g/mol. The third-order valence-electron chi connectivity index (χ3n) is 6.04. The van der Waals surface area contributed by atoms with Crippen LogP contribution in [0.25, 0.3) is 21.5 Å². The van der Waals surface area contributed by atoms with Crippen molar-refractivity contribution >= 4 is 33.1 Å². The molecule has 3 aromatic carbocycles. The van der Waals surface area contributed by atoms with Gasteiger partial charge in [-0.05, 0) is 41.1 Å². The van der Waals surface area contributed by atoms with Gasteiger partial charge in [0.2, 0.25) is 0 Å². The first-order valence-corrected chi connectivity index (χ1v) is 10.9. The van der Waals surface area contributed by atoms with Crippen molar-refractivity contribution in [3.8, 4) is 0 Å². The van der Waals surface area contributed by atoms with Crippen LogP contribution in [-0.2, 0) is 11.3 Å². The van der Waals surface area contributed by atoms with Crippen LogP contribution in [0.5, 0.6) is 0 Å². The van der Waals surface area contributed by atoms with Gasteiger partial charge in [0, 0.05) is 54.4 Å². The number of carbonyl (C=O) groups excluding carboxylic acids is 1. The molecular formula is C26H25N3O3. The van der Waals surface area contributed by atoms with E-state index in [-0.39, 0.29) is 11.5 Å². The molecule has 0 spiro atoms. The molecule has 0 atom stereocenters. The number of aromatic nitrogens is 1. The van der Waals surface area contributed by atoms with Crippen LogP contribution in [0.1, 0.15) is 10.4 Å². The van der Waals surface area contributed by atoms with E-state index in [1.807, 2.05) is 72.9 Å². The monoisotopic (exact) mass is 427 g/mol. The van der Waals surface area contributed by atoms with Crippen molar-refractivity contribution in [3.05, 3.63) is 88.8 Å². The van der Waals surface area contributed by atoms with E-state index in [4.69, 9.17) is 4.74 Å². The fourth-order valence-electron chi connectivity index (χ4n) is 4.20. The summed E-state index contributed by atoms with van der Waals surface area (Å²) >= 11 is 0. The first-order valence-electron chi connectivity index (χ1n) is 10.9. The lowest BCUT2D eigenvalue weighted by Gasteiger charge is -2.26. The molecule has 1 saturated heterocycles. The van der Waals surface area contributed by atoms with Crippen molar-refractivity contribution < 1.29 is 9.53 Å². The van der Waals surface area contributed by atoms with Gasteiger partial charge in [0.25, 0.3) is 11.5 Å². The molecule has 4 aromatic rings. The number of pyridine rings is 1. The van der Waals surface area contributed by atoms with Crippen LogP contribution in [0.3, 0.4) is 0 Å². The molecule has 1 fully saturated rings. The maximum atomic E-state index is 13.1. The number of carbonyl (C=O) groups is 1. The molecule has 6 nitrogen and oxygen atoms in total. The molecule has 1 aliphatic heterocycles. The minimum Gasteiger partial charge on any atom is -0.379 e. The summed E-state index contributed by atoms with van der Waals surface area (Å²) in [6.45, 7) is 4.72.